The van der Waals surface area contributed by atoms with Crippen molar-refractivity contribution >= 4 is 53.7 Å². The van der Waals surface area contributed by atoms with E-state index >= 15 is 0 Å². The summed E-state index contributed by atoms with van der Waals surface area (Å²) >= 11 is 0. The molecule has 0 aliphatic carbocycles. The van der Waals surface area contributed by atoms with Crippen molar-refractivity contribution in [3.05, 3.63) is 71.8 Å². The molecular weight excluding hydrogens is 1310 g/mol. The number of ether oxygens (including phenoxy) is 14. The lowest BCUT2D eigenvalue weighted by atomic mass is 9.79. The molecule has 8 unspecified atom stereocenters. The summed E-state index contributed by atoms with van der Waals surface area (Å²) < 4.78 is 76.5. The number of carbonyl (C=O) groups is 8. The molecule has 4 saturated heterocycles. The van der Waals surface area contributed by atoms with Crippen LogP contribution in [0.15, 0.2) is 65.7 Å². The second-order valence-corrected chi connectivity index (χ2v) is 27.2. The first kappa shape index (κ1) is 88.6. The monoisotopic (exact) mass is 1430 g/mol. The smallest absolute Gasteiger partial charge is 0.306 e. The number of carbonyl (C=O) groups excluding carboxylic acids is 7. The van der Waals surface area contributed by atoms with Gasteiger partial charge in [0.2, 0.25) is 12.6 Å². The Morgan fingerprint density at radius 2 is 0.752 bits per heavy atom. The van der Waals surface area contributed by atoms with Gasteiger partial charge < -0.3 is 76.5 Å². The van der Waals surface area contributed by atoms with Gasteiger partial charge in [0.1, 0.15) is 45.7 Å². The van der Waals surface area contributed by atoms with Gasteiger partial charge in [0, 0.05) is 98.4 Å². The van der Waals surface area contributed by atoms with Crippen molar-refractivity contribution in [1.82, 2.24) is 0 Å². The van der Waals surface area contributed by atoms with Gasteiger partial charge in [-0.05, 0) is 97.0 Å². The fraction of sp³-hybridized carbons (Fsp3) is 0.724. The van der Waals surface area contributed by atoms with E-state index in [1.165, 1.54) is 34.6 Å². The van der Waals surface area contributed by atoms with Crippen LogP contribution in [0.4, 0.5) is 0 Å². The van der Waals surface area contributed by atoms with Crippen molar-refractivity contribution in [3.63, 3.8) is 0 Å². The zero-order chi connectivity index (χ0) is 75.3. The highest BCUT2D eigenvalue weighted by atomic mass is 16.7. The lowest BCUT2D eigenvalue weighted by Crippen LogP contribution is -2.49. The van der Waals surface area contributed by atoms with Gasteiger partial charge in [0.05, 0.1) is 24.4 Å². The molecule has 4 fully saturated rings. The normalized spacial score (nSPS) is 29.2. The molecule has 5 aliphatic heterocycles. The van der Waals surface area contributed by atoms with Crippen molar-refractivity contribution in [1.29, 1.82) is 0 Å². The van der Waals surface area contributed by atoms with Gasteiger partial charge in [-0.2, -0.15) is 0 Å². The third kappa shape index (κ3) is 33.6. The second kappa shape index (κ2) is 47.6. The largest absolute Gasteiger partial charge is 0.481 e. The van der Waals surface area contributed by atoms with Crippen LogP contribution in [0.5, 0.6) is 0 Å². The summed E-state index contributed by atoms with van der Waals surface area (Å²) in [5.74, 6) is 1.05. The van der Waals surface area contributed by atoms with Crippen molar-refractivity contribution < 1.29 is 115 Å². The van der Waals surface area contributed by atoms with Gasteiger partial charge in [-0.25, -0.2) is 4.99 Å². The molecular formula is C76H119NO24. The van der Waals surface area contributed by atoms with Gasteiger partial charge >= 0.3 is 47.8 Å². The number of fused-ring (bicyclic) bond motifs is 1. The van der Waals surface area contributed by atoms with Gasteiger partial charge in [-0.1, -0.05) is 137 Å². The molecule has 572 valence electrons. The van der Waals surface area contributed by atoms with Crippen LogP contribution in [0.2, 0.25) is 0 Å². The van der Waals surface area contributed by atoms with E-state index in [1.54, 1.807) is 0 Å². The Hall–Kier alpha value is -6.61. The Morgan fingerprint density at radius 1 is 0.406 bits per heavy atom. The average molecular weight is 1430 g/mol. The maximum atomic E-state index is 11.9. The summed E-state index contributed by atoms with van der Waals surface area (Å²) in [4.78, 5) is 92.7. The summed E-state index contributed by atoms with van der Waals surface area (Å²) in [6.07, 6.45) is 2.78. The van der Waals surface area contributed by atoms with E-state index in [0.29, 0.717) is 101 Å². The number of aliphatic hydroxyl groups excluding tert-OH is 1. The molecule has 25 nitrogen and oxygen atoms in total. The number of carboxylic acids is 1. The summed E-state index contributed by atoms with van der Waals surface area (Å²) in [6.45, 7) is 34.6. The number of unbranched alkanes of at least 4 members (excludes halogenated alkanes) is 3. The highest BCUT2D eigenvalue weighted by molar-refractivity contribution is 5.75. The summed E-state index contributed by atoms with van der Waals surface area (Å²) in [5.41, 5.74) is 1.98. The highest BCUT2D eigenvalue weighted by Crippen LogP contribution is 2.39. The Kier molecular flexibility index (Phi) is 41.8. The highest BCUT2D eigenvalue weighted by Gasteiger charge is 2.47. The third-order valence-electron chi connectivity index (χ3n) is 19.6. The topological polar surface area (TPSA) is 319 Å². The van der Waals surface area contributed by atoms with Crippen molar-refractivity contribution in [3.8, 4) is 0 Å². The lowest BCUT2D eigenvalue weighted by Gasteiger charge is -2.43. The van der Waals surface area contributed by atoms with Gasteiger partial charge in [0.15, 0.2) is 18.5 Å². The third-order valence-corrected chi connectivity index (χ3v) is 19.6. The van der Waals surface area contributed by atoms with Crippen LogP contribution in [0.1, 0.15) is 187 Å². The number of hydrogen-bond acceptors (Lipinski definition) is 24. The fourth-order valence-corrected chi connectivity index (χ4v) is 11.8. The Bertz CT molecular complexity index is 2790. The molecule has 2 aromatic carbocycles. The second-order valence-electron chi connectivity index (χ2n) is 27.2. The summed E-state index contributed by atoms with van der Waals surface area (Å²) in [6, 6.07) is 19.3. The molecule has 0 bridgehead atoms. The molecule has 2 N–H and O–H groups in total. The van der Waals surface area contributed by atoms with E-state index in [0.717, 1.165) is 17.5 Å². The predicted octanol–water partition coefficient (Wildman–Crippen LogP) is 11.6. The van der Waals surface area contributed by atoms with E-state index < -0.39 is 12.3 Å². The first-order chi connectivity index (χ1) is 47.8. The van der Waals surface area contributed by atoms with Crippen LogP contribution in [-0.4, -0.2) is 166 Å². The van der Waals surface area contributed by atoms with Gasteiger partial charge in [0.25, 0.3) is 0 Å². The van der Waals surface area contributed by atoms with E-state index in [2.05, 4.69) is 74.2 Å². The van der Waals surface area contributed by atoms with Gasteiger partial charge in [-0.15, -0.1) is 0 Å². The molecule has 0 saturated carbocycles. The molecule has 0 aromatic heterocycles. The number of benzene rings is 2. The van der Waals surface area contributed by atoms with Crippen LogP contribution in [0, 0.1) is 65.1 Å². The van der Waals surface area contributed by atoms with Crippen LogP contribution < -0.4 is 0 Å². The van der Waals surface area contributed by atoms with E-state index in [9.17, 15) is 38.4 Å². The zero-order valence-electron chi connectivity index (χ0n) is 62.9. The van der Waals surface area contributed by atoms with Gasteiger partial charge in [-0.3, -0.25) is 38.4 Å². The molecule has 0 radical (unpaired) electrons. The summed E-state index contributed by atoms with van der Waals surface area (Å²) in [7, 11) is 0. The molecule has 0 spiro atoms. The van der Waals surface area contributed by atoms with Crippen LogP contribution >= 0.6 is 0 Å². The van der Waals surface area contributed by atoms with Crippen LogP contribution in [0.25, 0.3) is 0 Å². The molecule has 20 atom stereocenters. The lowest BCUT2D eigenvalue weighted by molar-refractivity contribution is -0.255. The minimum atomic E-state index is -0.786. The fourth-order valence-electron chi connectivity index (χ4n) is 11.8. The van der Waals surface area contributed by atoms with Crippen molar-refractivity contribution in [2.75, 3.05) is 46.2 Å². The number of rotatable bonds is 29. The number of nitrogens with zero attached hydrogens (tertiary/aromatic N) is 1. The van der Waals surface area contributed by atoms with Crippen molar-refractivity contribution in [2.24, 2.45) is 70.1 Å². The molecule has 25 heteroatoms. The Morgan fingerprint density at radius 3 is 1.12 bits per heavy atom. The average Bonchev–Trinajstić information content (AvgIpc) is 1.75. The Labute approximate surface area is 598 Å². The van der Waals surface area contributed by atoms with Crippen LogP contribution in [0.3, 0.4) is 0 Å². The van der Waals surface area contributed by atoms with Crippen molar-refractivity contribution in [2.45, 2.75) is 244 Å². The predicted molar refractivity (Wildman–Crippen MR) is 372 cm³/mol. The van der Waals surface area contributed by atoms with E-state index in [-0.39, 0.29) is 172 Å². The quantitative estimate of drug-likeness (QED) is 0.0434. The summed E-state index contributed by atoms with van der Waals surface area (Å²) in [5, 5.41) is 17.1. The SMILES string of the molecule is CC(=O)OCC1O[C@@H](OC(C)=O)C(C)[C@@H](C)[C@H]1C.CC(=O)OCC1O[C@@H](OCCCCC(=O)O)C(C)[C@@H](C)[C@H]1C.CC(=O)OCC1O[C@@H](OCCCCC(=O)OCc2ccccc2)C(C)[C@@H](C)[C@H]1C.CC(=O)OCC1O[C@H]2OC(C)=N[C@H]2C(C)[C@H]1C.O=C(CCCCO)OCc1ccccc1. The number of aliphatic imine (C=N–C) groups is 1. The Balaban J connectivity index is 0.000000335. The minimum Gasteiger partial charge on any atom is -0.481 e. The van der Waals surface area contributed by atoms with E-state index in [4.69, 9.17) is 76.5 Å². The molecule has 7 rings (SSSR count). The molecule has 5 aliphatic rings. The van der Waals surface area contributed by atoms with Crippen LogP contribution in [-0.2, 0) is 118 Å². The number of esters is 7. The number of aliphatic hydroxyl groups is 1. The molecule has 5 heterocycles. The number of carboxylic acid groups (broad SMARTS) is 1. The standard InChI is InChI=1S/C23H34O6.C16H28O6.C13H22O5.C12H19NO4.C12H16O3/c1-16-17(2)21(15-27-19(4)24)29-23(18(16)3)26-13-9-8-12-22(25)28-14-20-10-6-5-7-11-20;1-10-11(2)14(9-21-13(4)17)22-16(12(10)3)20-8-6-5-7-15(18)19;1-7-8(2)12(6-16-10(4)14)18-13(9(7)3)17-11(5)15;1-6-7(2)11-12(16-8(3)13-11)17-10(6)5-15-9(4)14;13-9-5-4-8-12(14)15-10-11-6-2-1-3-7-11/h5-7,10-11,16-18,21,23H,8-9,12-15H2,1-4H3;10-12,14,16H,5-9H2,1-4H3,(H,18,19);7-9,12-13H,6H2,1-5H3;6-7,10-12H,5H2,1-4H3;1-3,6-7,13H,4-5,8-10H2/t16-,17+,18?,21?,23+;10-,11+,12?,14?,16+;7-,8+,9?,12?,13+;6-,7?,10?,11+,12-;/m0001./s1. The number of aliphatic carboxylic acids is 1. The first-order valence-corrected chi connectivity index (χ1v) is 35.8. The molecule has 0 amide bonds. The zero-order valence-corrected chi connectivity index (χ0v) is 62.9. The maximum Gasteiger partial charge on any atom is 0.306 e. The molecule has 2 aromatic rings. The maximum absolute atomic E-state index is 11.9. The minimum absolute atomic E-state index is 0.0681. The number of hydrogen-bond donors (Lipinski definition) is 2. The van der Waals surface area contributed by atoms with E-state index in [1.807, 2.05) is 74.5 Å². The first-order valence-electron chi connectivity index (χ1n) is 35.8. The molecule has 101 heavy (non-hydrogen) atoms.